The molecule has 0 aliphatic heterocycles. The second-order valence-electron chi connectivity index (χ2n) is 3.09. The Bertz CT molecular complexity index is 489. The van der Waals surface area contributed by atoms with Crippen LogP contribution in [0.3, 0.4) is 0 Å². The highest BCUT2D eigenvalue weighted by molar-refractivity contribution is 7.71. The molecule has 5 heteroatoms. The van der Waals surface area contributed by atoms with Gasteiger partial charge in [0.1, 0.15) is 4.64 Å². The van der Waals surface area contributed by atoms with Gasteiger partial charge < -0.3 is 4.74 Å². The van der Waals surface area contributed by atoms with Crippen LogP contribution in [0.1, 0.15) is 5.69 Å². The van der Waals surface area contributed by atoms with Crippen LogP contribution < -0.4 is 0 Å². The highest BCUT2D eigenvalue weighted by atomic mass is 32.1. The Morgan fingerprint density at radius 3 is 2.87 bits per heavy atom. The summed E-state index contributed by atoms with van der Waals surface area (Å²) in [6, 6.07) is 5.67. The van der Waals surface area contributed by atoms with Crippen LogP contribution in [-0.2, 0) is 11.3 Å². The van der Waals surface area contributed by atoms with E-state index in [0.717, 1.165) is 16.0 Å². The zero-order chi connectivity index (χ0) is 10.7. The zero-order valence-electron chi connectivity index (χ0n) is 8.30. The predicted octanol–water partition coefficient (Wildman–Crippen LogP) is 2.08. The second-order valence-corrected chi connectivity index (χ2v) is 3.51. The molecular weight excluding hydrogens is 210 g/mol. The van der Waals surface area contributed by atoms with Crippen LogP contribution in [0.15, 0.2) is 30.6 Å². The third kappa shape index (κ3) is 2.14. The van der Waals surface area contributed by atoms with E-state index >= 15 is 0 Å². The van der Waals surface area contributed by atoms with Crippen LogP contribution in [0, 0.1) is 4.64 Å². The monoisotopic (exact) mass is 221 g/mol. The summed E-state index contributed by atoms with van der Waals surface area (Å²) in [4.78, 5) is 3.96. The molecule has 0 aliphatic rings. The van der Waals surface area contributed by atoms with Crippen molar-refractivity contribution >= 4 is 12.2 Å². The van der Waals surface area contributed by atoms with Gasteiger partial charge in [0.2, 0.25) is 0 Å². The highest BCUT2D eigenvalue weighted by Crippen LogP contribution is 2.08. The van der Waals surface area contributed by atoms with E-state index in [-0.39, 0.29) is 0 Å². The Labute approximate surface area is 92.5 Å². The molecule has 2 rings (SSSR count). The number of rotatable bonds is 3. The van der Waals surface area contributed by atoms with Crippen molar-refractivity contribution in [3.05, 3.63) is 40.9 Å². The average molecular weight is 221 g/mol. The Balaban J connectivity index is 2.41. The van der Waals surface area contributed by atoms with Crippen molar-refractivity contribution in [2.75, 3.05) is 7.11 Å². The van der Waals surface area contributed by atoms with E-state index in [1.807, 2.05) is 22.9 Å². The minimum absolute atomic E-state index is 0.529. The summed E-state index contributed by atoms with van der Waals surface area (Å²) in [6.07, 6.45) is 3.46. The first-order valence-electron chi connectivity index (χ1n) is 4.51. The lowest BCUT2D eigenvalue weighted by molar-refractivity contribution is 0.181. The fourth-order valence-electron chi connectivity index (χ4n) is 1.36. The molecule has 0 atom stereocenters. The number of aromatic nitrogens is 3. The fraction of sp³-hybridized carbons (Fsp3) is 0.200. The van der Waals surface area contributed by atoms with Gasteiger partial charge in [-0.2, -0.15) is 0 Å². The lowest BCUT2D eigenvalue weighted by Crippen LogP contribution is -1.97. The van der Waals surface area contributed by atoms with Crippen molar-refractivity contribution in [1.29, 1.82) is 0 Å². The van der Waals surface area contributed by atoms with Crippen molar-refractivity contribution in [3.8, 4) is 5.69 Å². The largest absolute Gasteiger partial charge is 0.378 e. The standard InChI is InChI=1S/C10H11N3OS/c1-14-7-8-6-10(15)13(12-8)9-2-4-11-5-3-9/h2-6,12H,7H2,1H3. The maximum Gasteiger partial charge on any atom is 0.128 e. The number of aromatic amines is 1. The van der Waals surface area contributed by atoms with Crippen LogP contribution in [0.2, 0.25) is 0 Å². The molecule has 2 aromatic heterocycles. The quantitative estimate of drug-likeness (QED) is 0.807. The van der Waals surface area contributed by atoms with Crippen molar-refractivity contribution in [3.63, 3.8) is 0 Å². The maximum absolute atomic E-state index is 5.22. The van der Waals surface area contributed by atoms with Crippen LogP contribution >= 0.6 is 12.2 Å². The number of hydrogen-bond donors (Lipinski definition) is 1. The summed E-state index contributed by atoms with van der Waals surface area (Å²) in [7, 11) is 1.65. The molecule has 0 saturated carbocycles. The predicted molar refractivity (Wildman–Crippen MR) is 59.5 cm³/mol. The highest BCUT2D eigenvalue weighted by Gasteiger charge is 2.01. The molecular formula is C10H11N3OS. The summed E-state index contributed by atoms with van der Waals surface area (Å²) < 4.78 is 7.58. The molecule has 0 aliphatic carbocycles. The second kappa shape index (κ2) is 4.37. The Morgan fingerprint density at radius 2 is 2.20 bits per heavy atom. The van der Waals surface area contributed by atoms with Gasteiger partial charge in [-0.15, -0.1) is 0 Å². The number of ether oxygens (including phenoxy) is 1. The lowest BCUT2D eigenvalue weighted by Gasteiger charge is -2.01. The van der Waals surface area contributed by atoms with Crippen molar-refractivity contribution in [2.45, 2.75) is 6.61 Å². The number of methoxy groups -OCH3 is 1. The molecule has 15 heavy (non-hydrogen) atoms. The van der Waals surface area contributed by atoms with E-state index in [1.165, 1.54) is 0 Å². The number of pyridine rings is 1. The molecule has 2 heterocycles. The van der Waals surface area contributed by atoms with Gasteiger partial charge in [0, 0.05) is 19.5 Å². The van der Waals surface area contributed by atoms with Crippen molar-refractivity contribution < 1.29 is 4.74 Å². The molecule has 4 nitrogen and oxygen atoms in total. The molecule has 0 amide bonds. The summed E-state index contributed by atoms with van der Waals surface area (Å²) in [5, 5.41) is 3.16. The summed E-state index contributed by atoms with van der Waals surface area (Å²) in [6.45, 7) is 0.529. The molecule has 0 fully saturated rings. The Kier molecular flexibility index (Phi) is 2.94. The molecule has 0 radical (unpaired) electrons. The van der Waals surface area contributed by atoms with Crippen molar-refractivity contribution in [1.82, 2.24) is 14.8 Å². The van der Waals surface area contributed by atoms with Crippen LogP contribution in [0.25, 0.3) is 5.69 Å². The third-order valence-electron chi connectivity index (χ3n) is 1.99. The van der Waals surface area contributed by atoms with E-state index in [4.69, 9.17) is 17.0 Å². The van der Waals surface area contributed by atoms with Crippen LogP contribution in [-0.4, -0.2) is 21.9 Å². The minimum atomic E-state index is 0.529. The van der Waals surface area contributed by atoms with Gasteiger partial charge in [-0.05, 0) is 18.2 Å². The van der Waals surface area contributed by atoms with E-state index in [9.17, 15) is 0 Å². The van der Waals surface area contributed by atoms with Gasteiger partial charge in [-0.1, -0.05) is 12.2 Å². The molecule has 0 aromatic carbocycles. The molecule has 2 aromatic rings. The smallest absolute Gasteiger partial charge is 0.128 e. The van der Waals surface area contributed by atoms with Gasteiger partial charge >= 0.3 is 0 Å². The van der Waals surface area contributed by atoms with Gasteiger partial charge in [-0.3, -0.25) is 10.1 Å². The molecule has 0 spiro atoms. The SMILES string of the molecule is COCc1cc(=S)n(-c2ccncc2)[nH]1. The van der Waals surface area contributed by atoms with E-state index in [0.29, 0.717) is 6.61 Å². The molecule has 0 saturated heterocycles. The maximum atomic E-state index is 5.22. The van der Waals surface area contributed by atoms with Gasteiger partial charge in [0.25, 0.3) is 0 Å². The van der Waals surface area contributed by atoms with E-state index in [1.54, 1.807) is 19.5 Å². The van der Waals surface area contributed by atoms with Crippen LogP contribution in [0.4, 0.5) is 0 Å². The number of H-pyrrole nitrogens is 1. The molecule has 0 unspecified atom stereocenters. The van der Waals surface area contributed by atoms with Crippen LogP contribution in [0.5, 0.6) is 0 Å². The van der Waals surface area contributed by atoms with Gasteiger partial charge in [-0.25, -0.2) is 4.68 Å². The molecule has 78 valence electrons. The van der Waals surface area contributed by atoms with Gasteiger partial charge in [0.05, 0.1) is 18.0 Å². The van der Waals surface area contributed by atoms with E-state index in [2.05, 4.69) is 10.1 Å². The van der Waals surface area contributed by atoms with Gasteiger partial charge in [0.15, 0.2) is 0 Å². The molecule has 0 bridgehead atoms. The Morgan fingerprint density at radius 1 is 1.47 bits per heavy atom. The number of nitrogens with one attached hydrogen (secondary N) is 1. The fourth-order valence-corrected chi connectivity index (χ4v) is 1.65. The first-order valence-corrected chi connectivity index (χ1v) is 4.92. The minimum Gasteiger partial charge on any atom is -0.378 e. The summed E-state index contributed by atoms with van der Waals surface area (Å²) in [5.41, 5.74) is 1.93. The first kappa shape index (κ1) is 10.1. The number of hydrogen-bond acceptors (Lipinski definition) is 3. The lowest BCUT2D eigenvalue weighted by atomic mass is 10.4. The summed E-state index contributed by atoms with van der Waals surface area (Å²) >= 11 is 5.22. The Hall–Kier alpha value is -1.46. The number of nitrogens with zero attached hydrogens (tertiary/aromatic N) is 2. The normalized spacial score (nSPS) is 10.5. The molecule has 1 N–H and O–H groups in total. The third-order valence-corrected chi connectivity index (χ3v) is 2.29. The topological polar surface area (TPSA) is 42.8 Å². The van der Waals surface area contributed by atoms with Crippen molar-refractivity contribution in [2.24, 2.45) is 0 Å². The first-order chi connectivity index (χ1) is 7.31. The zero-order valence-corrected chi connectivity index (χ0v) is 9.12. The average Bonchev–Trinajstić information content (AvgIpc) is 2.61. The summed E-state index contributed by atoms with van der Waals surface area (Å²) in [5.74, 6) is 0. The van der Waals surface area contributed by atoms with E-state index < -0.39 is 0 Å².